The molecule has 0 radical (unpaired) electrons. The number of rotatable bonds is 6. The van der Waals surface area contributed by atoms with Crippen LogP contribution in [0, 0.1) is 0 Å². The molecule has 0 saturated heterocycles. The van der Waals surface area contributed by atoms with Crippen LogP contribution in [-0.4, -0.2) is 34.8 Å². The van der Waals surface area contributed by atoms with Crippen LogP contribution in [0.1, 0.15) is 63.9 Å². The number of carbonyl (C=O) groups is 1. The summed E-state index contributed by atoms with van der Waals surface area (Å²) in [7, 11) is -4.34. The molecule has 2 rings (SSSR count). The fourth-order valence-corrected chi connectivity index (χ4v) is 5.85. The number of allylic oxidation sites excluding steroid dienone is 4. The van der Waals surface area contributed by atoms with E-state index in [4.69, 9.17) is 13.6 Å². The molecule has 4 nitrogen and oxygen atoms in total. The molecule has 0 aliphatic carbocycles. The molecule has 0 spiro atoms. The number of fused-ring (bicyclic) bond motifs is 1. The van der Waals surface area contributed by atoms with E-state index in [1.165, 1.54) is 0 Å². The number of hydrogen-bond acceptors (Lipinski definition) is 4. The second-order valence-corrected chi connectivity index (χ2v) is 22.8. The van der Waals surface area contributed by atoms with Gasteiger partial charge in [-0.2, -0.15) is 0 Å². The van der Waals surface area contributed by atoms with Crippen molar-refractivity contribution in [1.82, 2.24) is 0 Å². The Balaban J connectivity index is 2.62. The van der Waals surface area contributed by atoms with Gasteiger partial charge in [-0.1, -0.05) is 119 Å². The highest BCUT2D eigenvalue weighted by atomic mass is 127. The van der Waals surface area contributed by atoms with Gasteiger partial charge < -0.3 is 13.6 Å². The highest BCUT2D eigenvalue weighted by Gasteiger charge is 2.42. The van der Waals surface area contributed by atoms with Crippen LogP contribution >= 0.6 is 22.6 Å². The van der Waals surface area contributed by atoms with Gasteiger partial charge in [0.1, 0.15) is 23.5 Å². The maximum Gasteiger partial charge on any atom is 0.342 e. The van der Waals surface area contributed by atoms with E-state index in [2.05, 4.69) is 90.3 Å². The van der Waals surface area contributed by atoms with Crippen LogP contribution in [0.15, 0.2) is 58.7 Å². The third-order valence-corrected chi connectivity index (χ3v) is 17.0. The molecule has 2 atom stereocenters. The van der Waals surface area contributed by atoms with Gasteiger partial charge in [-0.15, -0.1) is 0 Å². The molecule has 1 heterocycles. The predicted molar refractivity (Wildman–Crippen MR) is 171 cm³/mol. The fourth-order valence-electron chi connectivity index (χ4n) is 3.27. The monoisotopic (exact) mass is 652 g/mol. The topological polar surface area (TPSA) is 44.8 Å². The molecule has 204 valence electrons. The Bertz CT molecular complexity index is 1060. The molecule has 1 aromatic carbocycles. The summed E-state index contributed by atoms with van der Waals surface area (Å²) in [5.74, 6) is 0.197. The SMILES string of the molecule is CC(C)(C)[Si](C)(C)Oc1cccc2c1C(=O)O[C@@H](C/C=C\I)[C@@H](O[Si](C)(C)C(C)(C)C)\C=C/C=C/C=C/2. The number of cyclic esters (lactones) is 1. The van der Waals surface area contributed by atoms with Gasteiger partial charge >= 0.3 is 5.97 Å². The number of hydrogen-bond donors (Lipinski definition) is 0. The lowest BCUT2D eigenvalue weighted by Crippen LogP contribution is -2.47. The summed E-state index contributed by atoms with van der Waals surface area (Å²) in [6, 6.07) is 5.76. The van der Waals surface area contributed by atoms with Crippen molar-refractivity contribution in [2.75, 3.05) is 0 Å². The average molecular weight is 653 g/mol. The third-order valence-electron chi connectivity index (χ3n) is 7.66. The van der Waals surface area contributed by atoms with Gasteiger partial charge in [-0.05, 0) is 52.0 Å². The Morgan fingerprint density at radius 2 is 1.57 bits per heavy atom. The van der Waals surface area contributed by atoms with E-state index in [9.17, 15) is 4.79 Å². The van der Waals surface area contributed by atoms with Crippen LogP contribution in [-0.2, 0) is 9.16 Å². The van der Waals surface area contributed by atoms with Gasteiger partial charge in [0.05, 0.1) is 0 Å². The van der Waals surface area contributed by atoms with Crippen molar-refractivity contribution >= 4 is 51.3 Å². The molecule has 0 saturated carbocycles. The van der Waals surface area contributed by atoms with Crippen LogP contribution in [0.25, 0.3) is 6.08 Å². The molecule has 7 heteroatoms. The molecule has 0 unspecified atom stereocenters. The fraction of sp³-hybridized carbons (Fsp3) is 0.500. The van der Waals surface area contributed by atoms with Gasteiger partial charge in [0, 0.05) is 6.42 Å². The average Bonchev–Trinajstić information content (AvgIpc) is 2.75. The van der Waals surface area contributed by atoms with Crippen LogP contribution in [0.5, 0.6) is 5.75 Å². The first kappa shape index (κ1) is 31.8. The summed E-state index contributed by atoms with van der Waals surface area (Å²) < 4.78 is 21.7. The van der Waals surface area contributed by atoms with Crippen LogP contribution in [0.4, 0.5) is 0 Å². The Hall–Kier alpha value is -1.43. The molecule has 0 bridgehead atoms. The molecular formula is C30H45IO4Si2. The van der Waals surface area contributed by atoms with Crippen LogP contribution < -0.4 is 4.43 Å². The second-order valence-electron chi connectivity index (χ2n) is 12.6. The van der Waals surface area contributed by atoms with E-state index >= 15 is 0 Å². The number of esters is 1. The van der Waals surface area contributed by atoms with Crippen LogP contribution in [0.2, 0.25) is 36.3 Å². The first-order valence-electron chi connectivity index (χ1n) is 13.0. The van der Waals surface area contributed by atoms with Crippen molar-refractivity contribution in [2.45, 2.75) is 96.4 Å². The molecule has 37 heavy (non-hydrogen) atoms. The minimum Gasteiger partial charge on any atom is -0.543 e. The van der Waals surface area contributed by atoms with Crippen LogP contribution in [0.3, 0.4) is 0 Å². The zero-order chi connectivity index (χ0) is 28.1. The number of halogens is 1. The Kier molecular flexibility index (Phi) is 10.8. The van der Waals surface area contributed by atoms with Crippen molar-refractivity contribution in [1.29, 1.82) is 0 Å². The first-order valence-corrected chi connectivity index (χ1v) is 20.0. The Labute approximate surface area is 240 Å². The third kappa shape index (κ3) is 8.53. The number of carbonyl (C=O) groups excluding carboxylic acids is 1. The highest BCUT2D eigenvalue weighted by Crippen LogP contribution is 2.40. The number of ether oxygens (including phenoxy) is 1. The zero-order valence-corrected chi connectivity index (χ0v) is 28.4. The van der Waals surface area contributed by atoms with Crippen molar-refractivity contribution in [2.24, 2.45) is 0 Å². The molecule has 1 aliphatic rings. The summed E-state index contributed by atoms with van der Waals surface area (Å²) in [5.41, 5.74) is 1.25. The maximum absolute atomic E-state index is 13.9. The normalized spacial score (nSPS) is 22.4. The lowest BCUT2D eigenvalue weighted by molar-refractivity contribution is 0.000534. The van der Waals surface area contributed by atoms with E-state index in [-0.39, 0.29) is 22.1 Å². The predicted octanol–water partition coefficient (Wildman–Crippen LogP) is 9.46. The summed E-state index contributed by atoms with van der Waals surface area (Å²) >= 11 is 2.20. The van der Waals surface area contributed by atoms with Gasteiger partial charge in [0.25, 0.3) is 8.32 Å². The van der Waals surface area contributed by atoms with E-state index in [0.29, 0.717) is 17.7 Å². The quantitative estimate of drug-likeness (QED) is 0.175. The van der Waals surface area contributed by atoms with Crippen molar-refractivity contribution in [3.05, 3.63) is 69.9 Å². The molecule has 1 aliphatic heterocycles. The molecule has 0 aromatic heterocycles. The van der Waals surface area contributed by atoms with Crippen molar-refractivity contribution in [3.63, 3.8) is 0 Å². The zero-order valence-electron chi connectivity index (χ0n) is 24.2. The minimum absolute atomic E-state index is 0.00982. The van der Waals surface area contributed by atoms with E-state index in [1.54, 1.807) is 0 Å². The molecular weight excluding hydrogens is 607 g/mol. The maximum atomic E-state index is 13.9. The Morgan fingerprint density at radius 3 is 2.16 bits per heavy atom. The van der Waals surface area contributed by atoms with Gasteiger partial charge in [0.2, 0.25) is 0 Å². The van der Waals surface area contributed by atoms with Gasteiger partial charge in [-0.25, -0.2) is 4.79 Å². The van der Waals surface area contributed by atoms with Gasteiger partial charge in [-0.3, -0.25) is 0 Å². The summed E-state index contributed by atoms with van der Waals surface area (Å²) in [4.78, 5) is 13.9. The van der Waals surface area contributed by atoms with Gasteiger partial charge in [0.15, 0.2) is 8.32 Å². The highest BCUT2D eigenvalue weighted by molar-refractivity contribution is 14.1. The molecule has 1 aromatic rings. The second kappa shape index (κ2) is 12.6. The largest absolute Gasteiger partial charge is 0.543 e. The van der Waals surface area contributed by atoms with E-state index in [0.717, 1.165) is 5.56 Å². The summed E-state index contributed by atoms with van der Waals surface area (Å²) in [6.45, 7) is 22.1. The lowest BCUT2D eigenvalue weighted by Gasteiger charge is -2.40. The van der Waals surface area contributed by atoms with E-state index < -0.39 is 22.7 Å². The lowest BCUT2D eigenvalue weighted by atomic mass is 10.0. The minimum atomic E-state index is -2.20. The molecule has 0 N–H and O–H groups in total. The smallest absolute Gasteiger partial charge is 0.342 e. The summed E-state index contributed by atoms with van der Waals surface area (Å²) in [5, 5.41) is 0.0116. The first-order chi connectivity index (χ1) is 17.0. The molecule has 0 fully saturated rings. The standard InChI is InChI=1S/C30H45IO4Si2/c1-29(2,3)36(7,8)34-25-19-14-12-11-13-17-23-18-15-20-26(35-37(9,10)30(4,5)6)27(23)28(32)33-24(25)21-16-22-31/h11-20,22,24-25H,21H2,1-10H3/b12-11+,17-13+,19-14-,22-16-/t24-,25-/m0/s1. The van der Waals surface area contributed by atoms with E-state index in [1.807, 2.05) is 64.8 Å². The van der Waals surface area contributed by atoms with Crippen molar-refractivity contribution < 1.29 is 18.4 Å². The van der Waals surface area contributed by atoms with Crippen molar-refractivity contribution in [3.8, 4) is 5.75 Å². The summed E-state index contributed by atoms with van der Waals surface area (Å²) in [6.07, 6.45) is 13.6. The Morgan fingerprint density at radius 1 is 0.946 bits per heavy atom. The molecule has 0 amide bonds. The number of benzene rings is 1.